The third-order valence-electron chi connectivity index (χ3n) is 5.08. The first-order chi connectivity index (χ1) is 15.2. The normalized spacial score (nSPS) is 12.6. The third-order valence-corrected chi connectivity index (χ3v) is 6.59. The summed E-state index contributed by atoms with van der Waals surface area (Å²) in [7, 11) is 0. The molecule has 0 saturated carbocycles. The van der Waals surface area contributed by atoms with Crippen LogP contribution in [0, 0.1) is 10.1 Å². The number of benzene rings is 2. The van der Waals surface area contributed by atoms with Gasteiger partial charge in [0.05, 0.1) is 10.7 Å². The number of nitro groups is 1. The van der Waals surface area contributed by atoms with Crippen molar-refractivity contribution in [1.29, 1.82) is 0 Å². The molecule has 0 aliphatic heterocycles. The van der Waals surface area contributed by atoms with Crippen LogP contribution in [0.3, 0.4) is 0 Å². The molecule has 32 heavy (non-hydrogen) atoms. The van der Waals surface area contributed by atoms with Gasteiger partial charge in [-0.15, -0.1) is 11.8 Å². The van der Waals surface area contributed by atoms with E-state index in [-0.39, 0.29) is 29.3 Å². The van der Waals surface area contributed by atoms with Crippen molar-refractivity contribution < 1.29 is 14.5 Å². The van der Waals surface area contributed by atoms with Gasteiger partial charge in [-0.05, 0) is 43.5 Å². The summed E-state index contributed by atoms with van der Waals surface area (Å²) in [6.07, 6.45) is 0.810. The van der Waals surface area contributed by atoms with Crippen LogP contribution in [0.4, 0.5) is 5.69 Å². The molecule has 172 valence electrons. The number of nitro benzene ring substituents is 1. The zero-order chi connectivity index (χ0) is 23.7. The second-order valence-electron chi connectivity index (χ2n) is 7.56. The average Bonchev–Trinajstić information content (AvgIpc) is 2.78. The van der Waals surface area contributed by atoms with Crippen LogP contribution < -0.4 is 5.32 Å². The molecule has 0 aliphatic carbocycles. The Balaban J connectivity index is 2.05. The maximum Gasteiger partial charge on any atom is 0.269 e. The van der Waals surface area contributed by atoms with Crippen molar-refractivity contribution in [1.82, 2.24) is 10.2 Å². The molecule has 0 aliphatic rings. The molecule has 0 heterocycles. The van der Waals surface area contributed by atoms with Gasteiger partial charge < -0.3 is 10.2 Å². The highest BCUT2D eigenvalue weighted by Gasteiger charge is 2.26. The quantitative estimate of drug-likeness (QED) is 0.334. The van der Waals surface area contributed by atoms with E-state index in [4.69, 9.17) is 0 Å². The van der Waals surface area contributed by atoms with Gasteiger partial charge in [-0.2, -0.15) is 0 Å². The SMILES string of the molecule is CCC(C)NC(=O)C(C)N(Cc1ccc(Br)cc1)C(=O)CSCc1ccc([N+](=O)[O-])cc1. The van der Waals surface area contributed by atoms with Crippen molar-refractivity contribution >= 4 is 45.2 Å². The van der Waals surface area contributed by atoms with E-state index in [1.165, 1.54) is 23.9 Å². The standard InChI is InChI=1S/C23H28BrN3O4S/c1-4-16(2)25-23(29)17(3)26(13-18-5-9-20(24)10-6-18)22(28)15-32-14-19-7-11-21(12-8-19)27(30)31/h5-12,16-17H,4,13-15H2,1-3H3,(H,25,29). The second-order valence-corrected chi connectivity index (χ2v) is 9.46. The molecule has 0 fully saturated rings. The van der Waals surface area contributed by atoms with E-state index in [2.05, 4.69) is 21.2 Å². The Morgan fingerprint density at radius 3 is 2.25 bits per heavy atom. The minimum Gasteiger partial charge on any atom is -0.352 e. The molecule has 0 spiro atoms. The predicted octanol–water partition coefficient (Wildman–Crippen LogP) is 4.92. The lowest BCUT2D eigenvalue weighted by Gasteiger charge is -2.29. The van der Waals surface area contributed by atoms with Crippen molar-refractivity contribution in [2.24, 2.45) is 0 Å². The van der Waals surface area contributed by atoms with Gasteiger partial charge in [-0.1, -0.05) is 47.1 Å². The van der Waals surface area contributed by atoms with Crippen molar-refractivity contribution in [3.05, 3.63) is 74.2 Å². The first-order valence-electron chi connectivity index (χ1n) is 10.4. The van der Waals surface area contributed by atoms with Crippen molar-refractivity contribution in [2.75, 3.05) is 5.75 Å². The molecule has 7 nitrogen and oxygen atoms in total. The van der Waals surface area contributed by atoms with Gasteiger partial charge in [-0.3, -0.25) is 19.7 Å². The van der Waals surface area contributed by atoms with E-state index in [0.29, 0.717) is 12.3 Å². The Kier molecular flexibility index (Phi) is 10.2. The minimum absolute atomic E-state index is 0.0334. The average molecular weight is 522 g/mol. The fourth-order valence-electron chi connectivity index (χ4n) is 2.89. The molecule has 2 aromatic rings. The molecule has 0 radical (unpaired) electrons. The maximum absolute atomic E-state index is 13.1. The van der Waals surface area contributed by atoms with Crippen molar-refractivity contribution in [3.63, 3.8) is 0 Å². The molecule has 2 amide bonds. The summed E-state index contributed by atoms with van der Waals surface area (Å²) in [5.74, 6) is 0.439. The monoisotopic (exact) mass is 521 g/mol. The molecule has 0 bridgehead atoms. The lowest BCUT2D eigenvalue weighted by atomic mass is 10.1. The molecule has 2 unspecified atom stereocenters. The maximum atomic E-state index is 13.1. The van der Waals surface area contributed by atoms with Gasteiger partial charge in [0.15, 0.2) is 0 Å². The number of hydrogen-bond donors (Lipinski definition) is 1. The molecule has 2 aromatic carbocycles. The first kappa shape index (κ1) is 25.9. The second kappa shape index (κ2) is 12.6. The van der Waals surface area contributed by atoms with E-state index in [9.17, 15) is 19.7 Å². The van der Waals surface area contributed by atoms with Crippen LogP contribution in [0.1, 0.15) is 38.3 Å². The zero-order valence-electron chi connectivity index (χ0n) is 18.4. The molecule has 1 N–H and O–H groups in total. The Morgan fingerprint density at radius 2 is 1.69 bits per heavy atom. The summed E-state index contributed by atoms with van der Waals surface area (Å²) in [5.41, 5.74) is 1.87. The molecule has 9 heteroatoms. The molecule has 0 saturated heterocycles. The number of nitrogens with zero attached hydrogens (tertiary/aromatic N) is 2. The first-order valence-corrected chi connectivity index (χ1v) is 12.3. The summed E-state index contributed by atoms with van der Waals surface area (Å²) in [6.45, 7) is 6.01. The van der Waals surface area contributed by atoms with Gasteiger partial charge in [0.2, 0.25) is 11.8 Å². The number of carbonyl (C=O) groups is 2. The third kappa shape index (κ3) is 7.94. The number of halogens is 1. The van der Waals surface area contributed by atoms with E-state index < -0.39 is 11.0 Å². The van der Waals surface area contributed by atoms with Crippen LogP contribution >= 0.6 is 27.7 Å². The Hall–Kier alpha value is -2.39. The number of rotatable bonds is 11. The van der Waals surface area contributed by atoms with E-state index >= 15 is 0 Å². The summed E-state index contributed by atoms with van der Waals surface area (Å²) in [4.78, 5) is 37.7. The number of non-ortho nitro benzene ring substituents is 1. The van der Waals surface area contributed by atoms with Crippen LogP contribution in [0.2, 0.25) is 0 Å². The topological polar surface area (TPSA) is 92.6 Å². The lowest BCUT2D eigenvalue weighted by molar-refractivity contribution is -0.384. The fraction of sp³-hybridized carbons (Fsp3) is 0.391. The van der Waals surface area contributed by atoms with Gasteiger partial charge in [0.1, 0.15) is 6.04 Å². The number of carbonyl (C=O) groups excluding carboxylic acids is 2. The number of hydrogen-bond acceptors (Lipinski definition) is 5. The van der Waals surface area contributed by atoms with Crippen LogP contribution in [0.15, 0.2) is 53.0 Å². The number of nitrogens with one attached hydrogen (secondary N) is 1. The van der Waals surface area contributed by atoms with Gasteiger partial charge >= 0.3 is 0 Å². The molecular weight excluding hydrogens is 494 g/mol. The van der Waals surface area contributed by atoms with Gasteiger partial charge in [-0.25, -0.2) is 0 Å². The lowest BCUT2D eigenvalue weighted by Crippen LogP contribution is -2.50. The molecule has 2 atom stereocenters. The van der Waals surface area contributed by atoms with Gasteiger partial charge in [0, 0.05) is 34.9 Å². The summed E-state index contributed by atoms with van der Waals surface area (Å²) < 4.78 is 0.945. The van der Waals surface area contributed by atoms with E-state index in [1.54, 1.807) is 24.0 Å². The number of amides is 2. The Labute approximate surface area is 201 Å². The smallest absolute Gasteiger partial charge is 0.269 e. The van der Waals surface area contributed by atoms with Crippen LogP contribution in [0.25, 0.3) is 0 Å². The zero-order valence-corrected chi connectivity index (χ0v) is 20.8. The summed E-state index contributed by atoms with van der Waals surface area (Å²) in [5, 5.41) is 13.7. The number of thioether (sulfide) groups is 1. The highest BCUT2D eigenvalue weighted by Crippen LogP contribution is 2.19. The van der Waals surface area contributed by atoms with Crippen LogP contribution in [-0.4, -0.2) is 39.5 Å². The van der Waals surface area contributed by atoms with Crippen molar-refractivity contribution in [3.8, 4) is 0 Å². The molecular formula is C23H28BrN3O4S. The van der Waals surface area contributed by atoms with Gasteiger partial charge in [0.25, 0.3) is 5.69 Å². The van der Waals surface area contributed by atoms with Crippen LogP contribution in [-0.2, 0) is 21.9 Å². The highest BCUT2D eigenvalue weighted by atomic mass is 79.9. The minimum atomic E-state index is -0.611. The fourth-order valence-corrected chi connectivity index (χ4v) is 4.02. The van der Waals surface area contributed by atoms with Crippen molar-refractivity contribution in [2.45, 2.75) is 51.6 Å². The predicted molar refractivity (Wildman–Crippen MR) is 131 cm³/mol. The van der Waals surface area contributed by atoms with Crippen LogP contribution in [0.5, 0.6) is 0 Å². The summed E-state index contributed by atoms with van der Waals surface area (Å²) in [6, 6.07) is 13.4. The largest absolute Gasteiger partial charge is 0.352 e. The Bertz CT molecular complexity index is 922. The van der Waals surface area contributed by atoms with E-state index in [0.717, 1.165) is 22.0 Å². The molecule has 0 aromatic heterocycles. The highest BCUT2D eigenvalue weighted by molar-refractivity contribution is 9.10. The van der Waals surface area contributed by atoms with E-state index in [1.807, 2.05) is 38.1 Å². The molecule has 2 rings (SSSR count). The Morgan fingerprint density at radius 1 is 1.09 bits per heavy atom. The summed E-state index contributed by atoms with van der Waals surface area (Å²) >= 11 is 4.83.